The highest BCUT2D eigenvalue weighted by Gasteiger charge is 2.05. The van der Waals surface area contributed by atoms with Crippen LogP contribution in [0.5, 0.6) is 0 Å². The normalized spacial score (nSPS) is 10.7. The average molecular weight is 376 g/mol. The highest BCUT2D eigenvalue weighted by atomic mass is 32.1. The molecule has 4 nitrogen and oxygen atoms in total. The minimum atomic E-state index is -0.325. The molecule has 5 heteroatoms. The van der Waals surface area contributed by atoms with Crippen molar-refractivity contribution >= 4 is 35.0 Å². The van der Waals surface area contributed by atoms with E-state index >= 15 is 0 Å². The van der Waals surface area contributed by atoms with Gasteiger partial charge in [-0.15, -0.1) is 0 Å². The summed E-state index contributed by atoms with van der Waals surface area (Å²) in [5, 5.41) is 5.88. The lowest BCUT2D eigenvalue weighted by Gasteiger charge is -2.09. The third kappa shape index (κ3) is 5.15. The molecule has 0 spiro atoms. The molecule has 0 bridgehead atoms. The summed E-state index contributed by atoms with van der Waals surface area (Å²) in [6.07, 6.45) is 3.00. The Bertz CT molecular complexity index is 991. The number of aryl methyl sites for hydroxylation is 2. The van der Waals surface area contributed by atoms with Crippen molar-refractivity contribution < 1.29 is 9.21 Å². The van der Waals surface area contributed by atoms with Crippen molar-refractivity contribution in [2.75, 3.05) is 5.32 Å². The fourth-order valence-electron chi connectivity index (χ4n) is 2.49. The summed E-state index contributed by atoms with van der Waals surface area (Å²) in [6.45, 7) is 4.07. The van der Waals surface area contributed by atoms with Crippen LogP contribution >= 0.6 is 12.2 Å². The molecule has 0 aliphatic heterocycles. The molecule has 0 unspecified atom stereocenters. The molecule has 0 atom stereocenters. The number of thiocarbonyl (C=S) groups is 1. The molecule has 3 rings (SSSR count). The van der Waals surface area contributed by atoms with Gasteiger partial charge in [0.25, 0.3) is 0 Å². The summed E-state index contributed by atoms with van der Waals surface area (Å²) in [4.78, 5) is 12.0. The van der Waals surface area contributed by atoms with Crippen molar-refractivity contribution in [2.45, 2.75) is 13.8 Å². The Morgan fingerprint density at radius 1 is 1.00 bits per heavy atom. The van der Waals surface area contributed by atoms with Gasteiger partial charge in [-0.2, -0.15) is 0 Å². The lowest BCUT2D eigenvalue weighted by atomic mass is 10.1. The molecule has 136 valence electrons. The predicted molar refractivity (Wildman–Crippen MR) is 113 cm³/mol. The van der Waals surface area contributed by atoms with Gasteiger partial charge in [0.2, 0.25) is 5.91 Å². The summed E-state index contributed by atoms with van der Waals surface area (Å²) in [6, 6.07) is 19.4. The van der Waals surface area contributed by atoms with E-state index in [1.807, 2.05) is 74.5 Å². The van der Waals surface area contributed by atoms with E-state index in [1.165, 1.54) is 11.6 Å². The Hall–Kier alpha value is -3.18. The second-order valence-corrected chi connectivity index (χ2v) is 6.55. The molecular formula is C22H20N2O2S. The average Bonchev–Trinajstić information content (AvgIpc) is 3.13. The Morgan fingerprint density at radius 2 is 1.78 bits per heavy atom. The number of furan rings is 1. The largest absolute Gasteiger partial charge is 0.457 e. The molecule has 1 heterocycles. The second-order valence-electron chi connectivity index (χ2n) is 6.14. The van der Waals surface area contributed by atoms with Crippen molar-refractivity contribution in [3.8, 4) is 11.3 Å². The first-order chi connectivity index (χ1) is 13.0. The van der Waals surface area contributed by atoms with Crippen LogP contribution in [0.25, 0.3) is 17.4 Å². The van der Waals surface area contributed by atoms with Crippen LogP contribution in [0.2, 0.25) is 0 Å². The van der Waals surface area contributed by atoms with Crippen LogP contribution in [0.3, 0.4) is 0 Å². The summed E-state index contributed by atoms with van der Waals surface area (Å²) >= 11 is 5.19. The number of benzene rings is 2. The Kier molecular flexibility index (Phi) is 5.84. The fourth-order valence-corrected chi connectivity index (χ4v) is 2.71. The number of carbonyl (C=O) groups excluding carboxylic acids is 1. The van der Waals surface area contributed by atoms with Gasteiger partial charge in [-0.1, -0.05) is 36.4 Å². The van der Waals surface area contributed by atoms with Gasteiger partial charge in [0.1, 0.15) is 11.5 Å². The van der Waals surface area contributed by atoms with Crippen LogP contribution in [-0.2, 0) is 4.79 Å². The van der Waals surface area contributed by atoms with E-state index in [0.717, 1.165) is 22.6 Å². The third-order valence-corrected chi connectivity index (χ3v) is 4.29. The van der Waals surface area contributed by atoms with E-state index in [9.17, 15) is 4.79 Å². The van der Waals surface area contributed by atoms with Gasteiger partial charge in [0, 0.05) is 17.3 Å². The third-order valence-electron chi connectivity index (χ3n) is 4.09. The van der Waals surface area contributed by atoms with Crippen molar-refractivity contribution in [1.82, 2.24) is 5.32 Å². The topological polar surface area (TPSA) is 54.3 Å². The van der Waals surface area contributed by atoms with Crippen LogP contribution < -0.4 is 10.6 Å². The maximum atomic E-state index is 12.0. The van der Waals surface area contributed by atoms with Gasteiger partial charge in [0.05, 0.1) is 0 Å². The maximum absolute atomic E-state index is 12.0. The number of anilines is 1. The van der Waals surface area contributed by atoms with Crippen molar-refractivity contribution in [3.63, 3.8) is 0 Å². The quantitative estimate of drug-likeness (QED) is 0.492. The summed E-state index contributed by atoms with van der Waals surface area (Å²) in [5.41, 5.74) is 4.18. The van der Waals surface area contributed by atoms with Gasteiger partial charge in [0.15, 0.2) is 5.11 Å². The Balaban J connectivity index is 1.56. The SMILES string of the molecule is Cc1ccc(NC(=S)NC(=O)/C=C/c2ccc(-c3ccccc3)o2)cc1C. The first-order valence-corrected chi connectivity index (χ1v) is 8.94. The van der Waals surface area contributed by atoms with Gasteiger partial charge in [-0.25, -0.2) is 0 Å². The zero-order chi connectivity index (χ0) is 19.2. The van der Waals surface area contributed by atoms with Crippen LogP contribution in [0.1, 0.15) is 16.9 Å². The minimum absolute atomic E-state index is 0.248. The van der Waals surface area contributed by atoms with Crippen LogP contribution in [0.15, 0.2) is 71.2 Å². The van der Waals surface area contributed by atoms with E-state index in [2.05, 4.69) is 10.6 Å². The van der Waals surface area contributed by atoms with Gasteiger partial charge >= 0.3 is 0 Å². The monoisotopic (exact) mass is 376 g/mol. The molecule has 1 amide bonds. The molecule has 27 heavy (non-hydrogen) atoms. The minimum Gasteiger partial charge on any atom is -0.457 e. The Morgan fingerprint density at radius 3 is 2.52 bits per heavy atom. The number of hydrogen-bond donors (Lipinski definition) is 2. The van der Waals surface area contributed by atoms with Crippen LogP contribution in [0, 0.1) is 13.8 Å². The molecule has 0 saturated heterocycles. The first-order valence-electron chi connectivity index (χ1n) is 8.54. The van der Waals surface area contributed by atoms with Crippen LogP contribution in [-0.4, -0.2) is 11.0 Å². The maximum Gasteiger partial charge on any atom is 0.250 e. The first kappa shape index (κ1) is 18.6. The summed E-state index contributed by atoms with van der Waals surface area (Å²) < 4.78 is 5.73. The summed E-state index contributed by atoms with van der Waals surface area (Å²) in [5.74, 6) is 1.02. The Labute approximate surface area is 163 Å². The molecule has 0 radical (unpaired) electrons. The molecule has 0 aliphatic carbocycles. The molecule has 2 N–H and O–H groups in total. The van der Waals surface area contributed by atoms with Crippen molar-refractivity contribution in [3.05, 3.63) is 83.6 Å². The molecule has 0 fully saturated rings. The molecule has 2 aromatic carbocycles. The molecule has 3 aromatic rings. The zero-order valence-corrected chi connectivity index (χ0v) is 16.0. The predicted octanol–water partition coefficient (Wildman–Crippen LogP) is 5.09. The van der Waals surface area contributed by atoms with E-state index in [4.69, 9.17) is 16.6 Å². The van der Waals surface area contributed by atoms with Crippen molar-refractivity contribution in [1.29, 1.82) is 0 Å². The summed E-state index contributed by atoms with van der Waals surface area (Å²) in [7, 11) is 0. The molecular weight excluding hydrogens is 356 g/mol. The van der Waals surface area contributed by atoms with Gasteiger partial charge in [-0.3, -0.25) is 10.1 Å². The molecule has 0 saturated carbocycles. The van der Waals surface area contributed by atoms with E-state index < -0.39 is 0 Å². The standard InChI is InChI=1S/C22H20N2O2S/c1-15-8-9-18(14-16(15)2)23-22(27)24-21(25)13-11-19-10-12-20(26-19)17-6-4-3-5-7-17/h3-14H,1-2H3,(H2,23,24,25,27)/b13-11+. The van der Waals surface area contributed by atoms with Gasteiger partial charge < -0.3 is 9.73 Å². The van der Waals surface area contributed by atoms with Gasteiger partial charge in [-0.05, 0) is 67.5 Å². The number of hydrogen-bond acceptors (Lipinski definition) is 3. The highest BCUT2D eigenvalue weighted by molar-refractivity contribution is 7.80. The highest BCUT2D eigenvalue weighted by Crippen LogP contribution is 2.22. The lowest BCUT2D eigenvalue weighted by Crippen LogP contribution is -2.32. The molecule has 0 aliphatic rings. The zero-order valence-electron chi connectivity index (χ0n) is 15.2. The second kappa shape index (κ2) is 8.47. The smallest absolute Gasteiger partial charge is 0.250 e. The number of rotatable bonds is 4. The fraction of sp³-hybridized carbons (Fsp3) is 0.0909. The number of nitrogens with one attached hydrogen (secondary N) is 2. The number of carbonyl (C=O) groups is 1. The van der Waals surface area contributed by atoms with E-state index in [0.29, 0.717) is 5.76 Å². The number of amides is 1. The van der Waals surface area contributed by atoms with Crippen molar-refractivity contribution in [2.24, 2.45) is 0 Å². The van der Waals surface area contributed by atoms with Crippen LogP contribution in [0.4, 0.5) is 5.69 Å². The lowest BCUT2D eigenvalue weighted by molar-refractivity contribution is -0.115. The van der Waals surface area contributed by atoms with E-state index in [1.54, 1.807) is 6.08 Å². The molecule has 1 aromatic heterocycles. The van der Waals surface area contributed by atoms with E-state index in [-0.39, 0.29) is 11.0 Å².